The molecule has 0 fully saturated rings. The molecule has 0 heterocycles. The van der Waals surface area contributed by atoms with Crippen LogP contribution in [0.15, 0.2) is 63.3 Å². The SMILES string of the molecule is C=CC(=O)OCC(COCC(COC(=O)C=C)(COC(=O)C=C)COC(=O)CCCCCCCCCC)(COC(=O)C=C)COC(=O)C=C. The summed E-state index contributed by atoms with van der Waals surface area (Å²) in [6, 6.07) is 0. The molecule has 0 spiro atoms. The summed E-state index contributed by atoms with van der Waals surface area (Å²) < 4.78 is 37.8. The van der Waals surface area contributed by atoms with Crippen molar-refractivity contribution in [1.29, 1.82) is 0 Å². The van der Waals surface area contributed by atoms with Gasteiger partial charge < -0.3 is 33.2 Å². The molecule has 49 heavy (non-hydrogen) atoms. The van der Waals surface area contributed by atoms with Crippen molar-refractivity contribution in [2.75, 3.05) is 52.9 Å². The second-order valence-electron chi connectivity index (χ2n) is 11.4. The van der Waals surface area contributed by atoms with E-state index in [1.54, 1.807) is 0 Å². The zero-order valence-corrected chi connectivity index (χ0v) is 28.8. The van der Waals surface area contributed by atoms with Crippen LogP contribution in [0.2, 0.25) is 0 Å². The average molecular weight is 693 g/mol. The largest absolute Gasteiger partial charge is 0.465 e. The van der Waals surface area contributed by atoms with Crippen LogP contribution in [0.4, 0.5) is 0 Å². The third-order valence-electron chi connectivity index (χ3n) is 7.03. The monoisotopic (exact) mass is 692 g/mol. The van der Waals surface area contributed by atoms with E-state index < -0.39 is 92.9 Å². The van der Waals surface area contributed by atoms with Crippen LogP contribution in [0.25, 0.3) is 0 Å². The molecule has 0 aliphatic rings. The molecular formula is C36H52O13. The van der Waals surface area contributed by atoms with Crippen LogP contribution in [0, 0.1) is 10.8 Å². The van der Waals surface area contributed by atoms with E-state index in [2.05, 4.69) is 39.8 Å². The highest BCUT2D eigenvalue weighted by atomic mass is 16.6. The second-order valence-corrected chi connectivity index (χ2v) is 11.4. The maximum absolute atomic E-state index is 12.7. The van der Waals surface area contributed by atoms with Gasteiger partial charge >= 0.3 is 35.8 Å². The Hall–Kier alpha value is -4.52. The molecule has 0 atom stereocenters. The number of ether oxygens (including phenoxy) is 7. The molecule has 0 saturated heterocycles. The van der Waals surface area contributed by atoms with Crippen LogP contribution in [0.1, 0.15) is 64.7 Å². The fourth-order valence-electron chi connectivity index (χ4n) is 4.11. The van der Waals surface area contributed by atoms with Crippen LogP contribution < -0.4 is 0 Å². The lowest BCUT2D eigenvalue weighted by Crippen LogP contribution is -2.47. The Bertz CT molecular complexity index is 1040. The Balaban J connectivity index is 6.09. The minimum Gasteiger partial charge on any atom is -0.465 e. The van der Waals surface area contributed by atoms with Crippen LogP contribution in [-0.2, 0) is 61.9 Å². The molecule has 0 amide bonds. The predicted octanol–water partition coefficient (Wildman–Crippen LogP) is 4.70. The van der Waals surface area contributed by atoms with Gasteiger partial charge in [0, 0.05) is 36.8 Å². The Kier molecular flexibility index (Phi) is 24.0. The van der Waals surface area contributed by atoms with Gasteiger partial charge in [-0.15, -0.1) is 0 Å². The molecule has 0 aromatic carbocycles. The molecular weight excluding hydrogens is 640 g/mol. The average Bonchev–Trinajstić information content (AvgIpc) is 3.12. The molecule has 0 aliphatic carbocycles. The lowest BCUT2D eigenvalue weighted by atomic mass is 9.90. The van der Waals surface area contributed by atoms with E-state index in [1.165, 1.54) is 19.3 Å². The molecule has 0 N–H and O–H groups in total. The maximum atomic E-state index is 12.7. The van der Waals surface area contributed by atoms with Gasteiger partial charge in [-0.25, -0.2) is 24.0 Å². The van der Waals surface area contributed by atoms with Gasteiger partial charge in [0.05, 0.1) is 24.0 Å². The number of carbonyl (C=O) groups is 6. The Morgan fingerprint density at radius 1 is 0.429 bits per heavy atom. The summed E-state index contributed by atoms with van der Waals surface area (Å²) in [7, 11) is 0. The zero-order valence-electron chi connectivity index (χ0n) is 28.8. The Labute approximate surface area is 289 Å². The number of hydrogen-bond acceptors (Lipinski definition) is 13. The standard InChI is InChI=1S/C36H52O13/c1-7-13-14-15-16-17-18-19-20-34(42)49-28-36(26-47-32(40)11-5,27-48-33(41)12-6)22-43-21-35(23-44-29(37)8-2,24-45-30(38)9-3)25-46-31(39)10-4/h8-12H,2-7,13-28H2,1H3. The molecule has 13 nitrogen and oxygen atoms in total. The van der Waals surface area contributed by atoms with Crippen molar-refractivity contribution in [3.05, 3.63) is 63.3 Å². The highest BCUT2D eigenvalue weighted by Gasteiger charge is 2.40. The van der Waals surface area contributed by atoms with Crippen LogP contribution in [0.5, 0.6) is 0 Å². The topological polar surface area (TPSA) is 167 Å². The van der Waals surface area contributed by atoms with Crippen molar-refractivity contribution >= 4 is 35.8 Å². The molecule has 0 aromatic rings. The minimum absolute atomic E-state index is 0.145. The summed E-state index contributed by atoms with van der Waals surface area (Å²) in [6.45, 7) is 15.5. The van der Waals surface area contributed by atoms with E-state index in [1.807, 2.05) is 0 Å². The first-order valence-corrected chi connectivity index (χ1v) is 16.1. The minimum atomic E-state index is -1.48. The Morgan fingerprint density at radius 2 is 0.714 bits per heavy atom. The van der Waals surface area contributed by atoms with E-state index >= 15 is 0 Å². The van der Waals surface area contributed by atoms with E-state index in [9.17, 15) is 28.8 Å². The van der Waals surface area contributed by atoms with Gasteiger partial charge in [0.1, 0.15) is 39.6 Å². The van der Waals surface area contributed by atoms with Gasteiger partial charge in [0.2, 0.25) is 0 Å². The lowest BCUT2D eigenvalue weighted by molar-refractivity contribution is -0.170. The first-order valence-electron chi connectivity index (χ1n) is 16.1. The van der Waals surface area contributed by atoms with Crippen molar-refractivity contribution in [1.82, 2.24) is 0 Å². The number of esters is 6. The number of hydrogen-bond donors (Lipinski definition) is 0. The van der Waals surface area contributed by atoms with E-state index in [0.29, 0.717) is 6.42 Å². The fraction of sp³-hybridized carbons (Fsp3) is 0.556. The third kappa shape index (κ3) is 21.1. The smallest absolute Gasteiger partial charge is 0.330 e. The molecule has 0 aliphatic heterocycles. The van der Waals surface area contributed by atoms with Crippen LogP contribution >= 0.6 is 0 Å². The van der Waals surface area contributed by atoms with Gasteiger partial charge in [-0.1, -0.05) is 84.8 Å². The summed E-state index contributed by atoms with van der Waals surface area (Å²) in [5, 5.41) is 0. The van der Waals surface area contributed by atoms with Crippen molar-refractivity contribution in [2.45, 2.75) is 64.7 Å². The molecule has 274 valence electrons. The summed E-state index contributed by atoms with van der Waals surface area (Å²) >= 11 is 0. The summed E-state index contributed by atoms with van der Waals surface area (Å²) in [6.07, 6.45) is 13.0. The predicted molar refractivity (Wildman–Crippen MR) is 180 cm³/mol. The van der Waals surface area contributed by atoms with Gasteiger partial charge in [-0.05, 0) is 6.42 Å². The van der Waals surface area contributed by atoms with E-state index in [-0.39, 0.29) is 13.0 Å². The Morgan fingerprint density at radius 3 is 1.02 bits per heavy atom. The lowest BCUT2D eigenvalue weighted by Gasteiger charge is -2.35. The molecule has 0 rings (SSSR count). The van der Waals surface area contributed by atoms with Gasteiger partial charge in [-0.2, -0.15) is 0 Å². The summed E-state index contributed by atoms with van der Waals surface area (Å²) in [4.78, 5) is 72.7. The number of rotatable bonds is 30. The first-order chi connectivity index (χ1) is 23.4. The highest BCUT2D eigenvalue weighted by molar-refractivity contribution is 5.83. The first kappa shape index (κ1) is 44.5. The molecule has 0 saturated carbocycles. The molecule has 0 bridgehead atoms. The second kappa shape index (κ2) is 26.4. The zero-order chi connectivity index (χ0) is 37.0. The molecule has 0 radical (unpaired) electrons. The van der Waals surface area contributed by atoms with Gasteiger partial charge in [0.15, 0.2) is 0 Å². The third-order valence-corrected chi connectivity index (χ3v) is 7.03. The number of unbranched alkanes of at least 4 members (excludes halogenated alkanes) is 7. The summed E-state index contributed by atoms with van der Waals surface area (Å²) in [5.74, 6) is -4.58. The maximum Gasteiger partial charge on any atom is 0.330 e. The highest BCUT2D eigenvalue weighted by Crippen LogP contribution is 2.26. The van der Waals surface area contributed by atoms with Gasteiger partial charge in [0.25, 0.3) is 0 Å². The summed E-state index contributed by atoms with van der Waals surface area (Å²) in [5.41, 5.74) is -2.93. The quantitative estimate of drug-likeness (QED) is 0.0440. The molecule has 0 unspecified atom stereocenters. The van der Waals surface area contributed by atoms with Crippen molar-refractivity contribution in [3.63, 3.8) is 0 Å². The molecule has 13 heteroatoms. The van der Waals surface area contributed by atoms with Crippen molar-refractivity contribution in [2.24, 2.45) is 10.8 Å². The van der Waals surface area contributed by atoms with Crippen molar-refractivity contribution in [3.8, 4) is 0 Å². The van der Waals surface area contributed by atoms with E-state index in [0.717, 1.165) is 56.1 Å². The van der Waals surface area contributed by atoms with Crippen LogP contribution in [0.3, 0.4) is 0 Å². The molecule has 0 aromatic heterocycles. The fourth-order valence-corrected chi connectivity index (χ4v) is 4.11. The van der Waals surface area contributed by atoms with E-state index in [4.69, 9.17) is 33.2 Å². The van der Waals surface area contributed by atoms with Crippen molar-refractivity contribution < 1.29 is 61.9 Å². The normalized spacial score (nSPS) is 10.9. The van der Waals surface area contributed by atoms with Gasteiger partial charge in [-0.3, -0.25) is 4.79 Å². The number of carbonyl (C=O) groups excluding carboxylic acids is 6. The van der Waals surface area contributed by atoms with Crippen LogP contribution in [-0.4, -0.2) is 88.7 Å².